The molecule has 1 aliphatic rings. The van der Waals surface area contributed by atoms with Gasteiger partial charge in [0.1, 0.15) is 12.4 Å². The maximum atomic E-state index is 12.2. The van der Waals surface area contributed by atoms with Gasteiger partial charge >= 0.3 is 6.03 Å². The Hall–Kier alpha value is -2.14. The number of aromatic amines is 1. The largest absolute Gasteiger partial charge is 0.478 e. The number of hydrogen-bond donors (Lipinski definition) is 3. The fourth-order valence-corrected chi connectivity index (χ4v) is 3.94. The zero-order chi connectivity index (χ0) is 19.2. The van der Waals surface area contributed by atoms with E-state index < -0.39 is 16.1 Å². The smallest absolute Gasteiger partial charge is 0.324 e. The first-order valence-electron chi connectivity index (χ1n) is 8.57. The van der Waals surface area contributed by atoms with Gasteiger partial charge in [-0.3, -0.25) is 10.1 Å². The summed E-state index contributed by atoms with van der Waals surface area (Å²) in [6.07, 6.45) is 3.26. The van der Waals surface area contributed by atoms with Crippen molar-refractivity contribution in [2.45, 2.75) is 39.2 Å². The summed E-state index contributed by atoms with van der Waals surface area (Å²) in [6.45, 7) is 4.56. The van der Waals surface area contributed by atoms with E-state index in [1.807, 2.05) is 6.92 Å². The highest BCUT2D eigenvalue weighted by Gasteiger charge is 2.25. The molecule has 1 aromatic heterocycles. The van der Waals surface area contributed by atoms with Gasteiger partial charge in [0.15, 0.2) is 0 Å². The van der Waals surface area contributed by atoms with Crippen LogP contribution in [0.25, 0.3) is 0 Å². The molecular weight excluding hydrogens is 362 g/mol. The number of rotatable bonds is 11. The number of imide groups is 1. The zero-order valence-corrected chi connectivity index (χ0v) is 15.8. The number of unbranched alkanes of at least 4 members (excludes halogenated alkanes) is 2. The van der Waals surface area contributed by atoms with Crippen LogP contribution in [-0.2, 0) is 14.8 Å². The molecule has 0 bridgehead atoms. The molecule has 0 aromatic carbocycles. The minimum atomic E-state index is -3.45. The maximum Gasteiger partial charge on any atom is 0.324 e. The van der Waals surface area contributed by atoms with Crippen molar-refractivity contribution in [2.24, 2.45) is 0 Å². The Labute approximate surface area is 152 Å². The number of urea groups is 1. The SMILES string of the molecule is CCOc1cnc(C(C)NS(=O)(=O)CCCCCN2CC(=O)NC2=O)[nH]1. The van der Waals surface area contributed by atoms with Gasteiger partial charge in [-0.15, -0.1) is 0 Å². The molecule has 146 valence electrons. The number of carbonyl (C=O) groups is 2. The molecule has 26 heavy (non-hydrogen) atoms. The third kappa shape index (κ3) is 5.99. The molecule has 1 aromatic rings. The van der Waals surface area contributed by atoms with Crippen molar-refractivity contribution in [3.63, 3.8) is 0 Å². The molecule has 2 rings (SSSR count). The van der Waals surface area contributed by atoms with Crippen LogP contribution in [0.4, 0.5) is 4.79 Å². The molecule has 0 spiro atoms. The van der Waals surface area contributed by atoms with Gasteiger partial charge in [-0.25, -0.2) is 22.9 Å². The number of ether oxygens (including phenoxy) is 1. The van der Waals surface area contributed by atoms with Crippen LogP contribution in [0.5, 0.6) is 5.88 Å². The lowest BCUT2D eigenvalue weighted by atomic mass is 10.2. The Morgan fingerprint density at radius 3 is 2.77 bits per heavy atom. The lowest BCUT2D eigenvalue weighted by molar-refractivity contribution is -0.118. The maximum absolute atomic E-state index is 12.2. The van der Waals surface area contributed by atoms with Gasteiger partial charge in [0.05, 0.1) is 24.6 Å². The predicted molar refractivity (Wildman–Crippen MR) is 94.1 cm³/mol. The monoisotopic (exact) mass is 387 g/mol. The summed E-state index contributed by atoms with van der Waals surface area (Å²) in [5, 5.41) is 2.20. The molecule has 1 atom stereocenters. The van der Waals surface area contributed by atoms with Crippen molar-refractivity contribution in [3.8, 4) is 5.88 Å². The number of H-pyrrole nitrogens is 1. The second kappa shape index (κ2) is 8.99. The molecule has 10 nitrogen and oxygen atoms in total. The van der Waals surface area contributed by atoms with Crippen LogP contribution < -0.4 is 14.8 Å². The van der Waals surface area contributed by atoms with Crippen LogP contribution in [0.3, 0.4) is 0 Å². The first-order chi connectivity index (χ1) is 12.3. The molecular formula is C15H25N5O5S. The van der Waals surface area contributed by atoms with Crippen LogP contribution in [0.15, 0.2) is 6.20 Å². The number of aromatic nitrogens is 2. The summed E-state index contributed by atoms with van der Waals surface area (Å²) >= 11 is 0. The molecule has 3 N–H and O–H groups in total. The van der Waals surface area contributed by atoms with E-state index in [2.05, 4.69) is 20.0 Å². The minimum Gasteiger partial charge on any atom is -0.478 e. The molecule has 11 heteroatoms. The van der Waals surface area contributed by atoms with Gasteiger partial charge < -0.3 is 14.6 Å². The molecule has 3 amide bonds. The third-order valence-electron chi connectivity index (χ3n) is 3.85. The van der Waals surface area contributed by atoms with E-state index in [4.69, 9.17) is 4.74 Å². The van der Waals surface area contributed by atoms with Gasteiger partial charge in [0, 0.05) is 6.54 Å². The van der Waals surface area contributed by atoms with E-state index in [1.54, 1.807) is 6.92 Å². The molecule has 2 heterocycles. The molecule has 0 radical (unpaired) electrons. The number of hydrogen-bond acceptors (Lipinski definition) is 6. The van der Waals surface area contributed by atoms with Gasteiger partial charge in [-0.05, 0) is 26.7 Å². The van der Waals surface area contributed by atoms with E-state index in [1.165, 1.54) is 11.1 Å². The van der Waals surface area contributed by atoms with E-state index in [-0.39, 0.29) is 24.2 Å². The normalized spacial score (nSPS) is 16.0. The molecule has 1 saturated heterocycles. The predicted octanol–water partition coefficient (Wildman–Crippen LogP) is 0.511. The number of nitrogens with one attached hydrogen (secondary N) is 3. The highest BCUT2D eigenvalue weighted by molar-refractivity contribution is 7.89. The first kappa shape index (κ1) is 20.2. The van der Waals surface area contributed by atoms with Crippen molar-refractivity contribution < 1.29 is 22.7 Å². The summed E-state index contributed by atoms with van der Waals surface area (Å²) in [7, 11) is -3.45. The summed E-state index contributed by atoms with van der Waals surface area (Å²) in [5.41, 5.74) is 0. The standard InChI is InChI=1S/C15H25N5O5S/c1-3-25-13-9-16-14(18-13)11(2)19-26(23,24)8-6-4-5-7-20-10-12(21)17-15(20)22/h9,11,19H,3-8,10H2,1-2H3,(H,16,18)(H,17,21,22). The van der Waals surface area contributed by atoms with E-state index in [0.717, 1.165) is 0 Å². The van der Waals surface area contributed by atoms with Crippen molar-refractivity contribution >= 4 is 22.0 Å². The minimum absolute atomic E-state index is 0.0124. The number of imidazole rings is 1. The Bertz CT molecular complexity index is 733. The molecule has 1 unspecified atom stereocenters. The Morgan fingerprint density at radius 1 is 1.35 bits per heavy atom. The van der Waals surface area contributed by atoms with Gasteiger partial charge in [-0.1, -0.05) is 6.42 Å². The number of carbonyl (C=O) groups excluding carboxylic acids is 2. The third-order valence-corrected chi connectivity index (χ3v) is 5.39. The van der Waals surface area contributed by atoms with Crippen LogP contribution in [0, 0.1) is 0 Å². The van der Waals surface area contributed by atoms with Crippen LogP contribution in [-0.4, -0.2) is 60.7 Å². The Balaban J connectivity index is 1.69. The van der Waals surface area contributed by atoms with Crippen LogP contribution in [0.2, 0.25) is 0 Å². The quantitative estimate of drug-likeness (QED) is 0.374. The summed E-state index contributed by atoms with van der Waals surface area (Å²) in [5.74, 6) is 0.669. The fourth-order valence-electron chi connectivity index (χ4n) is 2.59. The summed E-state index contributed by atoms with van der Waals surface area (Å²) in [4.78, 5) is 30.9. The van der Waals surface area contributed by atoms with Gasteiger partial charge in [0.25, 0.3) is 0 Å². The Kier molecular flexibility index (Phi) is 6.98. The number of amides is 3. The zero-order valence-electron chi connectivity index (χ0n) is 14.9. The van der Waals surface area contributed by atoms with Gasteiger partial charge in [-0.2, -0.15) is 0 Å². The Morgan fingerprint density at radius 2 is 2.12 bits per heavy atom. The topological polar surface area (TPSA) is 133 Å². The van der Waals surface area contributed by atoms with E-state index in [0.29, 0.717) is 44.1 Å². The van der Waals surface area contributed by atoms with E-state index >= 15 is 0 Å². The second-order valence-electron chi connectivity index (χ2n) is 6.06. The molecule has 0 saturated carbocycles. The molecule has 1 aliphatic heterocycles. The van der Waals surface area contributed by atoms with Crippen LogP contribution in [0.1, 0.15) is 45.0 Å². The lowest BCUT2D eigenvalue weighted by Crippen LogP contribution is -2.30. The number of nitrogens with zero attached hydrogens (tertiary/aromatic N) is 2. The fraction of sp³-hybridized carbons (Fsp3) is 0.667. The van der Waals surface area contributed by atoms with Crippen molar-refractivity contribution in [2.75, 3.05) is 25.4 Å². The van der Waals surface area contributed by atoms with Crippen molar-refractivity contribution in [1.82, 2.24) is 24.9 Å². The second-order valence-corrected chi connectivity index (χ2v) is 7.93. The highest BCUT2D eigenvalue weighted by atomic mass is 32.2. The van der Waals surface area contributed by atoms with E-state index in [9.17, 15) is 18.0 Å². The average molecular weight is 387 g/mol. The van der Waals surface area contributed by atoms with Crippen molar-refractivity contribution in [3.05, 3.63) is 12.0 Å². The van der Waals surface area contributed by atoms with Crippen molar-refractivity contribution in [1.29, 1.82) is 0 Å². The average Bonchev–Trinajstić information content (AvgIpc) is 3.13. The lowest BCUT2D eigenvalue weighted by Gasteiger charge is -2.13. The van der Waals surface area contributed by atoms with Gasteiger partial charge in [0.2, 0.25) is 21.8 Å². The summed E-state index contributed by atoms with van der Waals surface area (Å²) < 4.78 is 32.2. The molecule has 1 fully saturated rings. The highest BCUT2D eigenvalue weighted by Crippen LogP contribution is 2.14. The molecule has 0 aliphatic carbocycles. The number of sulfonamides is 1. The summed E-state index contributed by atoms with van der Waals surface area (Å²) in [6, 6.07) is -0.878. The first-order valence-corrected chi connectivity index (χ1v) is 10.2. The van der Waals surface area contributed by atoms with Crippen LogP contribution >= 0.6 is 0 Å².